The van der Waals surface area contributed by atoms with Crippen LogP contribution in [-0.2, 0) is 9.84 Å². The zero-order valence-corrected chi connectivity index (χ0v) is 15.7. The number of nitrogens with one attached hydrogen (secondary N) is 1. The minimum atomic E-state index is -3.78. The van der Waals surface area contributed by atoms with Gasteiger partial charge in [0.1, 0.15) is 10.9 Å². The lowest BCUT2D eigenvalue weighted by molar-refractivity contribution is 0.0948. The Labute approximate surface area is 162 Å². The van der Waals surface area contributed by atoms with Gasteiger partial charge in [-0.15, -0.1) is 0 Å². The van der Waals surface area contributed by atoms with E-state index in [1.54, 1.807) is 36.5 Å². The topological polar surface area (TPSA) is 89.0 Å². The smallest absolute Gasteiger partial charge is 0.269 e. The number of pyridine rings is 2. The van der Waals surface area contributed by atoms with Crippen LogP contribution in [0.25, 0.3) is 0 Å². The van der Waals surface area contributed by atoms with Gasteiger partial charge in [0.2, 0.25) is 0 Å². The molecule has 0 bridgehead atoms. The summed E-state index contributed by atoms with van der Waals surface area (Å²) in [7, 11) is -3.78. The largest absolute Gasteiger partial charge is 0.349 e. The molecule has 8 heteroatoms. The quantitative estimate of drug-likeness (QED) is 0.685. The third-order valence-corrected chi connectivity index (χ3v) is 6.29. The third kappa shape index (κ3) is 4.50. The van der Waals surface area contributed by atoms with E-state index in [2.05, 4.69) is 15.3 Å². The first-order chi connectivity index (χ1) is 13.0. The number of sulfone groups is 1. The monoisotopic (exact) mass is 401 g/mol. The third-order valence-electron chi connectivity index (χ3n) is 3.92. The Balaban J connectivity index is 1.90. The molecular weight excluding hydrogens is 386 g/mol. The number of hydrogen-bond acceptors (Lipinski definition) is 5. The fourth-order valence-electron chi connectivity index (χ4n) is 2.53. The van der Waals surface area contributed by atoms with E-state index >= 15 is 0 Å². The van der Waals surface area contributed by atoms with Crippen molar-refractivity contribution < 1.29 is 13.2 Å². The van der Waals surface area contributed by atoms with Gasteiger partial charge in [0.05, 0.1) is 4.90 Å². The molecular formula is C19H16ClN3O3S. The van der Waals surface area contributed by atoms with Crippen LogP contribution in [0.2, 0.25) is 5.02 Å². The zero-order valence-electron chi connectivity index (χ0n) is 14.1. The maximum Gasteiger partial charge on any atom is 0.269 e. The lowest BCUT2D eigenvalue weighted by Gasteiger charge is -2.18. The van der Waals surface area contributed by atoms with Gasteiger partial charge in [-0.25, -0.2) is 8.42 Å². The van der Waals surface area contributed by atoms with E-state index in [9.17, 15) is 13.2 Å². The summed E-state index contributed by atoms with van der Waals surface area (Å²) in [5.74, 6) is -0.448. The van der Waals surface area contributed by atoms with E-state index in [-0.39, 0.29) is 17.1 Å². The van der Waals surface area contributed by atoms with Gasteiger partial charge in [-0.05, 0) is 48.0 Å². The predicted molar refractivity (Wildman–Crippen MR) is 102 cm³/mol. The number of carbonyl (C=O) groups excluding carboxylic acids is 1. The van der Waals surface area contributed by atoms with Crippen LogP contribution >= 0.6 is 11.6 Å². The van der Waals surface area contributed by atoms with Crippen molar-refractivity contribution in [3.8, 4) is 0 Å². The van der Waals surface area contributed by atoms with Crippen LogP contribution in [0.1, 0.15) is 21.3 Å². The Bertz CT molecular complexity index is 1010. The summed E-state index contributed by atoms with van der Waals surface area (Å²) < 4.78 is 26.3. The molecule has 0 unspecified atom stereocenters. The van der Waals surface area contributed by atoms with Crippen molar-refractivity contribution in [2.45, 2.75) is 10.1 Å². The fourth-order valence-corrected chi connectivity index (χ4v) is 4.31. The number of amides is 1. The molecule has 0 spiro atoms. The molecule has 0 saturated heterocycles. The van der Waals surface area contributed by atoms with Crippen molar-refractivity contribution in [2.75, 3.05) is 6.54 Å². The van der Waals surface area contributed by atoms with Gasteiger partial charge >= 0.3 is 0 Å². The molecule has 0 aliphatic rings. The minimum absolute atomic E-state index is 0.118. The molecule has 138 valence electrons. The van der Waals surface area contributed by atoms with Crippen molar-refractivity contribution in [1.82, 2.24) is 15.3 Å². The van der Waals surface area contributed by atoms with Gasteiger partial charge in [0, 0.05) is 30.2 Å². The summed E-state index contributed by atoms with van der Waals surface area (Å²) in [4.78, 5) is 20.4. The first kappa shape index (κ1) is 19.0. The van der Waals surface area contributed by atoms with Crippen molar-refractivity contribution in [3.63, 3.8) is 0 Å². The number of benzene rings is 1. The fraction of sp³-hybridized carbons (Fsp3) is 0.105. The highest BCUT2D eigenvalue weighted by Gasteiger charge is 2.30. The molecule has 1 aromatic carbocycles. The van der Waals surface area contributed by atoms with E-state index in [4.69, 9.17) is 11.6 Å². The summed E-state index contributed by atoms with van der Waals surface area (Å²) >= 11 is 5.86. The molecule has 0 saturated carbocycles. The summed E-state index contributed by atoms with van der Waals surface area (Å²) in [5, 5.41) is 2.09. The SMILES string of the molecule is O=C(NC[C@@H](c1cccnc1)S(=O)(=O)c1ccc(Cl)cc1)c1ccccn1. The first-order valence-electron chi connectivity index (χ1n) is 8.07. The highest BCUT2D eigenvalue weighted by molar-refractivity contribution is 7.91. The number of nitrogens with zero attached hydrogens (tertiary/aromatic N) is 2. The molecule has 3 aromatic rings. The van der Waals surface area contributed by atoms with Crippen LogP contribution in [0, 0.1) is 0 Å². The average molecular weight is 402 g/mol. The summed E-state index contributed by atoms with van der Waals surface area (Å²) in [6.07, 6.45) is 4.53. The normalized spacial score (nSPS) is 12.3. The number of halogens is 1. The number of rotatable bonds is 6. The zero-order chi connectivity index (χ0) is 19.3. The van der Waals surface area contributed by atoms with Crippen molar-refractivity contribution in [3.05, 3.63) is 89.5 Å². The lowest BCUT2D eigenvalue weighted by Crippen LogP contribution is -2.32. The molecule has 0 aliphatic heterocycles. The van der Waals surface area contributed by atoms with Crippen LogP contribution in [0.4, 0.5) is 0 Å². The van der Waals surface area contributed by atoms with E-state index in [0.29, 0.717) is 10.6 Å². The second-order valence-electron chi connectivity index (χ2n) is 5.70. The molecule has 0 aliphatic carbocycles. The van der Waals surface area contributed by atoms with Gasteiger partial charge in [-0.2, -0.15) is 0 Å². The average Bonchev–Trinajstić information content (AvgIpc) is 2.69. The Kier molecular flexibility index (Phi) is 5.83. The minimum Gasteiger partial charge on any atom is -0.349 e. The van der Waals surface area contributed by atoms with E-state index in [1.165, 1.54) is 36.7 Å². The predicted octanol–water partition coefficient (Wildman–Crippen LogP) is 3.08. The molecule has 6 nitrogen and oxygen atoms in total. The van der Waals surface area contributed by atoms with Gasteiger partial charge in [-0.3, -0.25) is 14.8 Å². The Morgan fingerprint density at radius 1 is 1.04 bits per heavy atom. The maximum absolute atomic E-state index is 13.2. The van der Waals surface area contributed by atoms with Crippen LogP contribution in [0.15, 0.2) is 78.1 Å². The lowest BCUT2D eigenvalue weighted by atomic mass is 10.2. The number of hydrogen-bond donors (Lipinski definition) is 1. The van der Waals surface area contributed by atoms with Crippen molar-refractivity contribution in [1.29, 1.82) is 0 Å². The van der Waals surface area contributed by atoms with Crippen LogP contribution in [0.5, 0.6) is 0 Å². The maximum atomic E-state index is 13.2. The summed E-state index contributed by atoms with van der Waals surface area (Å²) in [5.41, 5.74) is 0.695. The number of carbonyl (C=O) groups is 1. The second-order valence-corrected chi connectivity index (χ2v) is 8.27. The Hall–Kier alpha value is -2.77. The second kappa shape index (κ2) is 8.28. The Morgan fingerprint density at radius 2 is 1.81 bits per heavy atom. The molecule has 27 heavy (non-hydrogen) atoms. The summed E-state index contributed by atoms with van der Waals surface area (Å²) in [6.45, 7) is -0.119. The van der Waals surface area contributed by atoms with Crippen molar-refractivity contribution in [2.24, 2.45) is 0 Å². The molecule has 1 amide bonds. The standard InChI is InChI=1S/C19H16ClN3O3S/c20-15-6-8-16(9-7-15)27(25,26)18(14-4-3-10-21-12-14)13-23-19(24)17-5-1-2-11-22-17/h1-12,18H,13H2,(H,23,24)/t18-/m0/s1. The summed E-state index contributed by atoms with van der Waals surface area (Å²) in [6, 6.07) is 14.2. The van der Waals surface area contributed by atoms with E-state index < -0.39 is 21.0 Å². The molecule has 2 aromatic heterocycles. The van der Waals surface area contributed by atoms with E-state index in [0.717, 1.165) is 0 Å². The molecule has 0 fully saturated rings. The molecule has 0 radical (unpaired) electrons. The van der Waals surface area contributed by atoms with Crippen LogP contribution in [-0.4, -0.2) is 30.8 Å². The van der Waals surface area contributed by atoms with Gasteiger partial charge < -0.3 is 5.32 Å². The number of aromatic nitrogens is 2. The Morgan fingerprint density at radius 3 is 2.44 bits per heavy atom. The van der Waals surface area contributed by atoms with Crippen LogP contribution < -0.4 is 5.32 Å². The first-order valence-corrected chi connectivity index (χ1v) is 9.99. The van der Waals surface area contributed by atoms with E-state index in [1.807, 2.05) is 0 Å². The van der Waals surface area contributed by atoms with Crippen molar-refractivity contribution >= 4 is 27.3 Å². The molecule has 2 heterocycles. The molecule has 1 atom stereocenters. The van der Waals surface area contributed by atoms with Gasteiger partial charge in [0.25, 0.3) is 5.91 Å². The highest BCUT2D eigenvalue weighted by atomic mass is 35.5. The molecule has 3 rings (SSSR count). The van der Waals surface area contributed by atoms with Gasteiger partial charge in [0.15, 0.2) is 9.84 Å². The van der Waals surface area contributed by atoms with Gasteiger partial charge in [-0.1, -0.05) is 23.7 Å². The highest BCUT2D eigenvalue weighted by Crippen LogP contribution is 2.29. The van der Waals surface area contributed by atoms with Crippen LogP contribution in [0.3, 0.4) is 0 Å². The molecule has 1 N–H and O–H groups in total.